The maximum Gasteiger partial charge on any atom is 0.0472 e. The zero-order chi connectivity index (χ0) is 8.10. The van der Waals surface area contributed by atoms with E-state index in [1.54, 1.807) is 0 Å². The minimum atomic E-state index is 0. The van der Waals surface area contributed by atoms with Crippen LogP contribution in [0.2, 0.25) is 0 Å². The maximum atomic E-state index is 4.28. The Morgan fingerprint density at radius 2 is 2.25 bits per heavy atom. The molecule has 1 heterocycles. The summed E-state index contributed by atoms with van der Waals surface area (Å²) in [5, 5.41) is 0. The van der Waals surface area contributed by atoms with E-state index in [1.165, 1.54) is 18.5 Å². The van der Waals surface area contributed by atoms with Gasteiger partial charge in [0.25, 0.3) is 0 Å². The highest BCUT2D eigenvalue weighted by atomic mass is 35.5. The van der Waals surface area contributed by atoms with Gasteiger partial charge >= 0.3 is 0 Å². The van der Waals surface area contributed by atoms with Crippen LogP contribution in [0.3, 0.4) is 0 Å². The minimum Gasteiger partial charge on any atom is -0.261 e. The van der Waals surface area contributed by atoms with Gasteiger partial charge in [-0.25, -0.2) is 0 Å². The van der Waals surface area contributed by atoms with Crippen molar-refractivity contribution in [3.8, 4) is 0 Å². The number of hydrogen-bond acceptors (Lipinski definition) is 1. The largest absolute Gasteiger partial charge is 0.261 e. The summed E-state index contributed by atoms with van der Waals surface area (Å²) < 4.78 is 0. The van der Waals surface area contributed by atoms with E-state index < -0.39 is 0 Å². The summed E-state index contributed by atoms with van der Waals surface area (Å²) in [6.45, 7) is 2.19. The molecule has 2 atom stereocenters. The molecule has 12 heavy (non-hydrogen) atoms. The van der Waals surface area contributed by atoms with Crippen molar-refractivity contribution < 1.29 is 0 Å². The second kappa shape index (κ2) is 6.39. The molecule has 0 bridgehead atoms. The Labute approximate surface area is 82.6 Å². The van der Waals surface area contributed by atoms with E-state index in [4.69, 9.17) is 0 Å². The highest BCUT2D eigenvalue weighted by Crippen LogP contribution is 2.25. The summed E-state index contributed by atoms with van der Waals surface area (Å²) in [6, 6.07) is 6.06. The lowest BCUT2D eigenvalue weighted by Crippen LogP contribution is -1.91. The molecule has 0 aromatic carbocycles. The van der Waals surface area contributed by atoms with Gasteiger partial charge in [0, 0.05) is 17.5 Å². The minimum absolute atomic E-state index is 0. The van der Waals surface area contributed by atoms with Crippen LogP contribution in [0.5, 0.6) is 0 Å². The third kappa shape index (κ3) is 3.51. The molecule has 0 amide bonds. The number of hydrogen-bond donors (Lipinski definition) is 0. The molecule has 3 heteroatoms. The van der Waals surface area contributed by atoms with Gasteiger partial charge in [0.15, 0.2) is 0 Å². The van der Waals surface area contributed by atoms with Crippen LogP contribution in [-0.4, -0.2) is 4.98 Å². The zero-order valence-electron chi connectivity index (χ0n) is 7.23. The third-order valence-electron chi connectivity index (χ3n) is 1.67. The Kier molecular flexibility index (Phi) is 6.32. The van der Waals surface area contributed by atoms with Crippen LogP contribution in [0, 0.1) is 0 Å². The van der Waals surface area contributed by atoms with Crippen LogP contribution in [0.25, 0.3) is 0 Å². The molecule has 0 N–H and O–H groups in total. The number of halogens is 1. The molecule has 2 unspecified atom stereocenters. The first kappa shape index (κ1) is 11.9. The van der Waals surface area contributed by atoms with E-state index in [-0.39, 0.29) is 12.4 Å². The molecule has 0 aliphatic rings. The predicted molar refractivity (Wildman–Crippen MR) is 58.8 cm³/mol. The molecule has 0 saturated heterocycles. The molecular formula is C9H15ClNP. The smallest absolute Gasteiger partial charge is 0.0472 e. The second-order valence-electron chi connectivity index (χ2n) is 2.65. The van der Waals surface area contributed by atoms with E-state index in [9.17, 15) is 0 Å². The fourth-order valence-corrected chi connectivity index (χ4v) is 1.58. The molecule has 0 radical (unpaired) electrons. The van der Waals surface area contributed by atoms with Crippen molar-refractivity contribution in [2.24, 2.45) is 0 Å². The fourth-order valence-electron chi connectivity index (χ4n) is 1.05. The van der Waals surface area contributed by atoms with Gasteiger partial charge in [0.1, 0.15) is 0 Å². The molecule has 0 fully saturated rings. The third-order valence-corrected chi connectivity index (χ3v) is 2.34. The summed E-state index contributed by atoms with van der Waals surface area (Å²) in [6.07, 6.45) is 4.26. The SMILES string of the molecule is CCCC(P)c1ccccn1.Cl. The normalized spacial score (nSPS) is 11.8. The first-order valence-electron chi connectivity index (χ1n) is 4.01. The van der Waals surface area contributed by atoms with Gasteiger partial charge in [-0.1, -0.05) is 19.4 Å². The molecule has 0 spiro atoms. The highest BCUT2D eigenvalue weighted by Gasteiger charge is 2.03. The van der Waals surface area contributed by atoms with Crippen molar-refractivity contribution in [2.45, 2.75) is 25.4 Å². The number of rotatable bonds is 3. The highest BCUT2D eigenvalue weighted by molar-refractivity contribution is 7.17. The van der Waals surface area contributed by atoms with Gasteiger partial charge in [-0.15, -0.1) is 21.6 Å². The van der Waals surface area contributed by atoms with Crippen LogP contribution in [0.1, 0.15) is 31.1 Å². The summed E-state index contributed by atoms with van der Waals surface area (Å²) >= 11 is 0. The molecular weight excluding hydrogens is 189 g/mol. The van der Waals surface area contributed by atoms with E-state index in [1.807, 2.05) is 18.3 Å². The van der Waals surface area contributed by atoms with Gasteiger partial charge in [0.2, 0.25) is 0 Å². The lowest BCUT2D eigenvalue weighted by molar-refractivity contribution is 0.760. The Morgan fingerprint density at radius 3 is 2.75 bits per heavy atom. The van der Waals surface area contributed by atoms with Crippen LogP contribution >= 0.6 is 21.6 Å². The van der Waals surface area contributed by atoms with Crippen LogP contribution in [-0.2, 0) is 0 Å². The predicted octanol–water partition coefficient (Wildman–Crippen LogP) is 3.22. The Morgan fingerprint density at radius 1 is 1.50 bits per heavy atom. The summed E-state index contributed by atoms with van der Waals surface area (Å²) in [5.74, 6) is 0. The van der Waals surface area contributed by atoms with Crippen molar-refractivity contribution in [2.75, 3.05) is 0 Å². The zero-order valence-corrected chi connectivity index (χ0v) is 9.20. The van der Waals surface area contributed by atoms with Crippen molar-refractivity contribution in [3.05, 3.63) is 30.1 Å². The number of pyridine rings is 1. The Hall–Kier alpha value is -0.130. The first-order chi connectivity index (χ1) is 5.34. The van der Waals surface area contributed by atoms with Crippen LogP contribution in [0.15, 0.2) is 24.4 Å². The molecule has 0 aliphatic heterocycles. The first-order valence-corrected chi connectivity index (χ1v) is 4.67. The summed E-state index contributed by atoms with van der Waals surface area (Å²) in [5.41, 5.74) is 1.71. The number of aromatic nitrogens is 1. The molecule has 68 valence electrons. The standard InChI is InChI=1S/C9H14NP.ClH/c1-2-5-9(11)8-6-3-4-7-10-8;/h3-4,6-7,9H,2,5,11H2,1H3;1H. The maximum absolute atomic E-state index is 4.28. The lowest BCUT2D eigenvalue weighted by Gasteiger charge is -2.07. The average molecular weight is 204 g/mol. The Balaban J connectivity index is 0.00000121. The van der Waals surface area contributed by atoms with Crippen molar-refractivity contribution in [3.63, 3.8) is 0 Å². The van der Waals surface area contributed by atoms with Crippen molar-refractivity contribution in [1.82, 2.24) is 4.98 Å². The van der Waals surface area contributed by atoms with Crippen LogP contribution in [0.4, 0.5) is 0 Å². The van der Waals surface area contributed by atoms with Gasteiger partial charge in [-0.05, 0) is 18.6 Å². The summed E-state index contributed by atoms with van der Waals surface area (Å²) in [4.78, 5) is 4.28. The Bertz CT molecular complexity index is 203. The quantitative estimate of drug-likeness (QED) is 0.688. The van der Waals surface area contributed by atoms with E-state index in [2.05, 4.69) is 27.2 Å². The summed E-state index contributed by atoms with van der Waals surface area (Å²) in [7, 11) is 2.83. The molecule has 1 nitrogen and oxygen atoms in total. The lowest BCUT2D eigenvalue weighted by atomic mass is 10.2. The number of nitrogens with zero attached hydrogens (tertiary/aromatic N) is 1. The van der Waals surface area contributed by atoms with E-state index in [0.717, 1.165) is 0 Å². The topological polar surface area (TPSA) is 12.9 Å². The molecule has 0 saturated carbocycles. The van der Waals surface area contributed by atoms with Crippen molar-refractivity contribution >= 4 is 21.6 Å². The monoisotopic (exact) mass is 203 g/mol. The van der Waals surface area contributed by atoms with E-state index in [0.29, 0.717) is 5.66 Å². The van der Waals surface area contributed by atoms with E-state index >= 15 is 0 Å². The van der Waals surface area contributed by atoms with Gasteiger partial charge in [0.05, 0.1) is 0 Å². The van der Waals surface area contributed by atoms with Crippen LogP contribution < -0.4 is 0 Å². The molecule has 1 aromatic heterocycles. The average Bonchev–Trinajstić information content (AvgIpc) is 2.07. The second-order valence-corrected chi connectivity index (χ2v) is 3.45. The molecule has 0 aliphatic carbocycles. The van der Waals surface area contributed by atoms with Gasteiger partial charge < -0.3 is 0 Å². The molecule has 1 rings (SSSR count). The van der Waals surface area contributed by atoms with Gasteiger partial charge in [-0.2, -0.15) is 0 Å². The molecule has 1 aromatic rings. The van der Waals surface area contributed by atoms with Gasteiger partial charge in [-0.3, -0.25) is 4.98 Å². The fraction of sp³-hybridized carbons (Fsp3) is 0.444. The van der Waals surface area contributed by atoms with Crippen molar-refractivity contribution in [1.29, 1.82) is 0 Å².